The molecule has 1 N–H and O–H groups in total. The average Bonchev–Trinajstić information content (AvgIpc) is 2.94. The van der Waals surface area contributed by atoms with Gasteiger partial charge in [-0.05, 0) is 56.4 Å². The lowest BCUT2D eigenvalue weighted by Crippen LogP contribution is -2.35. The fourth-order valence-electron chi connectivity index (χ4n) is 3.45. The predicted octanol–water partition coefficient (Wildman–Crippen LogP) is 1.93. The molecule has 1 aromatic heterocycles. The minimum absolute atomic E-state index is 0.0411. The maximum atomic E-state index is 12.9. The van der Waals surface area contributed by atoms with E-state index in [1.54, 1.807) is 30.5 Å². The third kappa shape index (κ3) is 6.37. The van der Waals surface area contributed by atoms with Gasteiger partial charge in [0.2, 0.25) is 5.91 Å². The molecule has 0 unspecified atom stereocenters. The Hall–Kier alpha value is -2.77. The summed E-state index contributed by atoms with van der Waals surface area (Å²) in [6, 6.07) is 11.2. The molecule has 2 amide bonds. The molecule has 0 saturated carbocycles. The zero-order valence-corrected chi connectivity index (χ0v) is 17.2. The highest BCUT2D eigenvalue weighted by Gasteiger charge is 2.20. The lowest BCUT2D eigenvalue weighted by molar-refractivity contribution is -0.116. The number of aromatic nitrogens is 1. The van der Waals surface area contributed by atoms with Crippen molar-refractivity contribution in [3.8, 4) is 0 Å². The zero-order valence-electron chi connectivity index (χ0n) is 17.2. The molecule has 1 fully saturated rings. The molecule has 0 spiro atoms. The van der Waals surface area contributed by atoms with Gasteiger partial charge in [-0.15, -0.1) is 0 Å². The van der Waals surface area contributed by atoms with E-state index in [0.717, 1.165) is 32.6 Å². The van der Waals surface area contributed by atoms with Crippen LogP contribution in [0, 0.1) is 0 Å². The van der Waals surface area contributed by atoms with E-state index < -0.39 is 0 Å². The summed E-state index contributed by atoms with van der Waals surface area (Å²) in [5, 5.41) is 2.84. The molecule has 1 aromatic carbocycles. The Labute approximate surface area is 172 Å². The molecule has 0 atom stereocenters. The first-order chi connectivity index (χ1) is 14.0. The molecular formula is C22H29N5O2. The Morgan fingerprint density at radius 1 is 1.07 bits per heavy atom. The van der Waals surface area contributed by atoms with Crippen molar-refractivity contribution in [2.24, 2.45) is 0 Å². The molecule has 0 radical (unpaired) electrons. The fourth-order valence-corrected chi connectivity index (χ4v) is 3.45. The van der Waals surface area contributed by atoms with Crippen LogP contribution in [0.15, 0.2) is 48.8 Å². The molecule has 2 heterocycles. The molecule has 2 aromatic rings. The van der Waals surface area contributed by atoms with E-state index in [9.17, 15) is 9.59 Å². The molecule has 1 saturated heterocycles. The molecule has 29 heavy (non-hydrogen) atoms. The third-order valence-corrected chi connectivity index (χ3v) is 4.88. The zero-order chi connectivity index (χ0) is 20.6. The van der Waals surface area contributed by atoms with Crippen LogP contribution in [0.4, 0.5) is 5.69 Å². The van der Waals surface area contributed by atoms with E-state index in [-0.39, 0.29) is 11.8 Å². The second kappa shape index (κ2) is 10.1. The highest BCUT2D eigenvalue weighted by molar-refractivity contribution is 5.96. The normalized spacial score (nSPS) is 15.2. The number of anilines is 1. The number of amides is 2. The number of carbonyl (C=O) groups is 2. The van der Waals surface area contributed by atoms with Crippen LogP contribution in [0.5, 0.6) is 0 Å². The smallest absolute Gasteiger partial charge is 0.253 e. The van der Waals surface area contributed by atoms with Gasteiger partial charge in [0.25, 0.3) is 5.91 Å². The molecule has 7 nitrogen and oxygen atoms in total. The Morgan fingerprint density at radius 3 is 2.55 bits per heavy atom. The number of carbonyl (C=O) groups excluding carboxylic acids is 2. The second-order valence-corrected chi connectivity index (χ2v) is 7.65. The number of hydrogen-bond donors (Lipinski definition) is 1. The van der Waals surface area contributed by atoms with E-state index in [4.69, 9.17) is 0 Å². The minimum atomic E-state index is -0.0738. The quantitative estimate of drug-likeness (QED) is 0.810. The maximum absolute atomic E-state index is 12.9. The third-order valence-electron chi connectivity index (χ3n) is 4.88. The Bertz CT molecular complexity index is 808. The lowest BCUT2D eigenvalue weighted by atomic mass is 10.1. The van der Waals surface area contributed by atoms with Crippen molar-refractivity contribution in [3.05, 3.63) is 59.9 Å². The SMILES string of the molecule is CN(C)CC(=O)Nc1ccc(C(=O)N2CCCN(Cc3cccnc3)CC2)cc1. The Kier molecular flexibility index (Phi) is 7.32. The maximum Gasteiger partial charge on any atom is 0.253 e. The van der Waals surface area contributed by atoms with Crippen molar-refractivity contribution >= 4 is 17.5 Å². The average molecular weight is 396 g/mol. The Balaban J connectivity index is 1.54. The highest BCUT2D eigenvalue weighted by Crippen LogP contribution is 2.14. The standard InChI is InChI=1S/C22H29N5O2/c1-25(2)17-21(28)24-20-8-6-19(7-9-20)22(29)27-12-4-11-26(13-14-27)16-18-5-3-10-23-15-18/h3,5-10,15H,4,11-14,16-17H2,1-2H3,(H,24,28). The summed E-state index contributed by atoms with van der Waals surface area (Å²) in [4.78, 5) is 35.0. The van der Waals surface area contributed by atoms with Gasteiger partial charge < -0.3 is 15.1 Å². The van der Waals surface area contributed by atoms with Crippen molar-refractivity contribution in [1.29, 1.82) is 0 Å². The largest absolute Gasteiger partial charge is 0.337 e. The molecule has 0 aliphatic carbocycles. The van der Waals surface area contributed by atoms with Crippen molar-refractivity contribution < 1.29 is 9.59 Å². The van der Waals surface area contributed by atoms with Crippen molar-refractivity contribution in [2.45, 2.75) is 13.0 Å². The van der Waals surface area contributed by atoms with E-state index in [0.29, 0.717) is 24.3 Å². The van der Waals surface area contributed by atoms with Crippen LogP contribution in [0.3, 0.4) is 0 Å². The molecule has 3 rings (SSSR count). The number of hydrogen-bond acceptors (Lipinski definition) is 5. The van der Waals surface area contributed by atoms with Crippen LogP contribution in [0.1, 0.15) is 22.3 Å². The molecule has 1 aliphatic heterocycles. The van der Waals surface area contributed by atoms with Crippen LogP contribution >= 0.6 is 0 Å². The first-order valence-corrected chi connectivity index (χ1v) is 9.96. The topological polar surface area (TPSA) is 68.8 Å². The van der Waals surface area contributed by atoms with Crippen LogP contribution in [0.2, 0.25) is 0 Å². The summed E-state index contributed by atoms with van der Waals surface area (Å²) in [6.45, 7) is 4.46. The summed E-state index contributed by atoms with van der Waals surface area (Å²) in [6.07, 6.45) is 4.63. The summed E-state index contributed by atoms with van der Waals surface area (Å²) >= 11 is 0. The second-order valence-electron chi connectivity index (χ2n) is 7.65. The molecular weight excluding hydrogens is 366 g/mol. The molecule has 7 heteroatoms. The van der Waals surface area contributed by atoms with Crippen LogP contribution in [-0.4, -0.2) is 78.3 Å². The predicted molar refractivity (Wildman–Crippen MR) is 114 cm³/mol. The summed E-state index contributed by atoms with van der Waals surface area (Å²) < 4.78 is 0. The van der Waals surface area contributed by atoms with Gasteiger partial charge in [-0.2, -0.15) is 0 Å². The van der Waals surface area contributed by atoms with Crippen LogP contribution in [0.25, 0.3) is 0 Å². The highest BCUT2D eigenvalue weighted by atomic mass is 16.2. The van der Waals surface area contributed by atoms with Crippen molar-refractivity contribution in [3.63, 3.8) is 0 Å². The first kappa shape index (κ1) is 21.0. The summed E-state index contributed by atoms with van der Waals surface area (Å²) in [5.74, 6) is -0.0327. The van der Waals surface area contributed by atoms with Crippen molar-refractivity contribution in [1.82, 2.24) is 19.7 Å². The van der Waals surface area contributed by atoms with Gasteiger partial charge in [-0.25, -0.2) is 0 Å². The summed E-state index contributed by atoms with van der Waals surface area (Å²) in [7, 11) is 3.70. The van der Waals surface area contributed by atoms with Crippen LogP contribution in [-0.2, 0) is 11.3 Å². The van der Waals surface area contributed by atoms with E-state index in [1.807, 2.05) is 36.2 Å². The van der Waals surface area contributed by atoms with Gasteiger partial charge in [-0.3, -0.25) is 19.5 Å². The van der Waals surface area contributed by atoms with E-state index in [2.05, 4.69) is 21.3 Å². The number of likely N-dealkylation sites (N-methyl/N-ethyl adjacent to an activating group) is 1. The number of rotatable bonds is 6. The lowest BCUT2D eigenvalue weighted by Gasteiger charge is -2.22. The first-order valence-electron chi connectivity index (χ1n) is 9.96. The van der Waals surface area contributed by atoms with Gasteiger partial charge in [0.05, 0.1) is 6.54 Å². The van der Waals surface area contributed by atoms with E-state index in [1.165, 1.54) is 5.56 Å². The van der Waals surface area contributed by atoms with Gasteiger partial charge in [-0.1, -0.05) is 6.07 Å². The molecule has 1 aliphatic rings. The number of benzene rings is 1. The number of nitrogens with one attached hydrogen (secondary N) is 1. The van der Waals surface area contributed by atoms with Gasteiger partial charge >= 0.3 is 0 Å². The van der Waals surface area contributed by atoms with Crippen molar-refractivity contribution in [2.75, 3.05) is 52.1 Å². The number of nitrogens with zero attached hydrogens (tertiary/aromatic N) is 4. The summed E-state index contributed by atoms with van der Waals surface area (Å²) in [5.41, 5.74) is 2.54. The monoisotopic (exact) mass is 395 g/mol. The Morgan fingerprint density at radius 2 is 1.86 bits per heavy atom. The minimum Gasteiger partial charge on any atom is -0.337 e. The van der Waals surface area contributed by atoms with E-state index >= 15 is 0 Å². The number of pyridine rings is 1. The molecule has 0 bridgehead atoms. The molecule has 154 valence electrons. The fraction of sp³-hybridized carbons (Fsp3) is 0.409. The van der Waals surface area contributed by atoms with Gasteiger partial charge in [0.15, 0.2) is 0 Å². The van der Waals surface area contributed by atoms with Gasteiger partial charge in [0, 0.05) is 56.4 Å². The van der Waals surface area contributed by atoms with Gasteiger partial charge in [0.1, 0.15) is 0 Å². The van der Waals surface area contributed by atoms with Crippen LogP contribution < -0.4 is 5.32 Å².